The number of hydrogen-bond acceptors (Lipinski definition) is 4. The topological polar surface area (TPSA) is 69.9 Å². The fourth-order valence-corrected chi connectivity index (χ4v) is 3.40. The average molecular weight is 387 g/mol. The van der Waals surface area contributed by atoms with Gasteiger partial charge in [0.1, 0.15) is 12.4 Å². The zero-order chi connectivity index (χ0) is 20.6. The molecule has 0 amide bonds. The molecule has 1 unspecified atom stereocenters. The first kappa shape index (κ1) is 22.4. The summed E-state index contributed by atoms with van der Waals surface area (Å²) in [5.74, 6) is 1.13. The Labute approximate surface area is 168 Å². The average Bonchev–Trinajstić information content (AvgIpc) is 2.72. The number of aliphatic hydroxyl groups is 3. The van der Waals surface area contributed by atoms with Crippen LogP contribution >= 0.6 is 0 Å². The van der Waals surface area contributed by atoms with Gasteiger partial charge in [-0.25, -0.2) is 0 Å². The minimum Gasteiger partial charge on any atom is -0.489 e. The van der Waals surface area contributed by atoms with Crippen LogP contribution in [0.3, 0.4) is 0 Å². The van der Waals surface area contributed by atoms with Crippen molar-refractivity contribution in [2.45, 2.75) is 77.3 Å². The molecule has 28 heavy (non-hydrogen) atoms. The lowest BCUT2D eigenvalue weighted by Crippen LogP contribution is -2.26. The maximum Gasteiger partial charge on any atom is 0.178 e. The van der Waals surface area contributed by atoms with Crippen molar-refractivity contribution in [3.63, 3.8) is 0 Å². The van der Waals surface area contributed by atoms with E-state index < -0.39 is 11.9 Å². The number of ether oxygens (including phenoxy) is 1. The molecule has 0 aliphatic carbocycles. The van der Waals surface area contributed by atoms with Gasteiger partial charge >= 0.3 is 0 Å². The Morgan fingerprint density at radius 3 is 2.25 bits per heavy atom. The van der Waals surface area contributed by atoms with Gasteiger partial charge in [-0.3, -0.25) is 0 Å². The van der Waals surface area contributed by atoms with Gasteiger partial charge in [0.15, 0.2) is 6.29 Å². The molecule has 0 heterocycles. The van der Waals surface area contributed by atoms with E-state index >= 15 is 0 Å². The van der Waals surface area contributed by atoms with Crippen molar-refractivity contribution in [1.29, 1.82) is 0 Å². The summed E-state index contributed by atoms with van der Waals surface area (Å²) in [7, 11) is 0. The summed E-state index contributed by atoms with van der Waals surface area (Å²) in [6.45, 7) is 6.80. The van der Waals surface area contributed by atoms with Crippen LogP contribution in [0, 0.1) is 0 Å². The largest absolute Gasteiger partial charge is 0.489 e. The number of aliphatic hydroxyl groups excluding tert-OH is 1. The van der Waals surface area contributed by atoms with Gasteiger partial charge in [0, 0.05) is 5.56 Å². The van der Waals surface area contributed by atoms with E-state index in [2.05, 4.69) is 45.0 Å². The van der Waals surface area contributed by atoms with E-state index in [0.29, 0.717) is 23.8 Å². The monoisotopic (exact) mass is 386 g/mol. The Morgan fingerprint density at radius 1 is 0.964 bits per heavy atom. The summed E-state index contributed by atoms with van der Waals surface area (Å²) < 4.78 is 5.82. The zero-order valence-electron chi connectivity index (χ0n) is 17.3. The third kappa shape index (κ3) is 6.62. The van der Waals surface area contributed by atoms with Gasteiger partial charge in [0.05, 0.1) is 5.60 Å². The van der Waals surface area contributed by atoms with E-state index in [4.69, 9.17) is 14.9 Å². The molecule has 0 fully saturated rings. The molecule has 0 bridgehead atoms. The Balaban J connectivity index is 1.88. The van der Waals surface area contributed by atoms with E-state index in [0.717, 1.165) is 37.7 Å². The molecule has 3 N–H and O–H groups in total. The van der Waals surface area contributed by atoms with E-state index in [9.17, 15) is 5.11 Å². The fourth-order valence-electron chi connectivity index (χ4n) is 3.40. The van der Waals surface area contributed by atoms with E-state index in [-0.39, 0.29) is 0 Å². The lowest BCUT2D eigenvalue weighted by atomic mass is 9.87. The second-order valence-electron chi connectivity index (χ2n) is 7.70. The summed E-state index contributed by atoms with van der Waals surface area (Å²) >= 11 is 0. The molecule has 0 saturated heterocycles. The molecule has 0 aliphatic heterocycles. The van der Waals surface area contributed by atoms with Crippen molar-refractivity contribution in [3.05, 3.63) is 65.2 Å². The summed E-state index contributed by atoms with van der Waals surface area (Å²) in [4.78, 5) is 0. The number of hydrogen-bond donors (Lipinski definition) is 3. The van der Waals surface area contributed by atoms with Gasteiger partial charge in [0.25, 0.3) is 0 Å². The Kier molecular flexibility index (Phi) is 8.49. The maximum absolute atomic E-state index is 10.4. The highest BCUT2D eigenvalue weighted by atomic mass is 16.5. The molecule has 2 aromatic rings. The number of benzene rings is 2. The van der Waals surface area contributed by atoms with Gasteiger partial charge in [0.2, 0.25) is 0 Å². The zero-order valence-corrected chi connectivity index (χ0v) is 17.3. The molecule has 0 saturated carbocycles. The van der Waals surface area contributed by atoms with Crippen LogP contribution in [0.25, 0.3) is 0 Å². The molecule has 4 heteroatoms. The van der Waals surface area contributed by atoms with Gasteiger partial charge in [-0.2, -0.15) is 0 Å². The van der Waals surface area contributed by atoms with Crippen LogP contribution in [0.2, 0.25) is 0 Å². The Morgan fingerprint density at radius 2 is 1.64 bits per heavy atom. The lowest BCUT2D eigenvalue weighted by molar-refractivity contribution is -0.0425. The van der Waals surface area contributed by atoms with Crippen LogP contribution in [0.1, 0.15) is 81.8 Å². The summed E-state index contributed by atoms with van der Waals surface area (Å²) in [6.07, 6.45) is 3.08. The Hall–Kier alpha value is -1.88. The quantitative estimate of drug-likeness (QED) is 0.471. The molecule has 2 rings (SSSR count). The van der Waals surface area contributed by atoms with Crippen LogP contribution in [-0.2, 0) is 6.61 Å². The second kappa shape index (κ2) is 10.6. The van der Waals surface area contributed by atoms with Crippen molar-refractivity contribution in [2.24, 2.45) is 0 Å². The van der Waals surface area contributed by atoms with Crippen LogP contribution in [0.15, 0.2) is 48.5 Å². The van der Waals surface area contributed by atoms with E-state index in [1.165, 1.54) is 5.56 Å². The molecule has 1 atom stereocenters. The fraction of sp³-hybridized carbons (Fsp3) is 0.500. The molecular weight excluding hydrogens is 352 g/mol. The van der Waals surface area contributed by atoms with Crippen LogP contribution in [0.4, 0.5) is 0 Å². The van der Waals surface area contributed by atoms with Crippen LogP contribution < -0.4 is 4.74 Å². The maximum atomic E-state index is 10.4. The SMILES string of the molecule is CCC(O)(CC)CCCC(C)c1cccc(COc2ccc(C(O)O)cc2)c1. The normalized spacial score (nSPS) is 13.0. The highest BCUT2D eigenvalue weighted by Crippen LogP contribution is 2.27. The predicted octanol–water partition coefficient (Wildman–Crippen LogP) is 5.07. The van der Waals surface area contributed by atoms with Gasteiger partial charge in [-0.05, 0) is 61.3 Å². The van der Waals surface area contributed by atoms with Crippen molar-refractivity contribution in [2.75, 3.05) is 0 Å². The first-order valence-corrected chi connectivity index (χ1v) is 10.3. The third-order valence-corrected chi connectivity index (χ3v) is 5.70. The first-order chi connectivity index (χ1) is 13.4. The number of rotatable bonds is 11. The van der Waals surface area contributed by atoms with E-state index in [1.54, 1.807) is 24.3 Å². The highest BCUT2D eigenvalue weighted by Gasteiger charge is 2.21. The van der Waals surface area contributed by atoms with Gasteiger partial charge in [-0.15, -0.1) is 0 Å². The van der Waals surface area contributed by atoms with Crippen LogP contribution in [0.5, 0.6) is 5.75 Å². The van der Waals surface area contributed by atoms with Gasteiger partial charge in [-0.1, -0.05) is 57.2 Å². The summed E-state index contributed by atoms with van der Waals surface area (Å²) in [6, 6.07) is 15.2. The van der Waals surface area contributed by atoms with Gasteiger partial charge < -0.3 is 20.1 Å². The molecule has 0 aromatic heterocycles. The minimum atomic E-state index is -1.46. The van der Waals surface area contributed by atoms with Crippen LogP contribution in [-0.4, -0.2) is 20.9 Å². The van der Waals surface area contributed by atoms with Crippen molar-refractivity contribution >= 4 is 0 Å². The Bertz CT molecular complexity index is 705. The lowest BCUT2D eigenvalue weighted by Gasteiger charge is -2.25. The highest BCUT2D eigenvalue weighted by molar-refractivity contribution is 5.29. The second-order valence-corrected chi connectivity index (χ2v) is 7.70. The van der Waals surface area contributed by atoms with Crippen molar-refractivity contribution in [1.82, 2.24) is 0 Å². The third-order valence-electron chi connectivity index (χ3n) is 5.70. The minimum absolute atomic E-state index is 0.434. The smallest absolute Gasteiger partial charge is 0.178 e. The predicted molar refractivity (Wildman–Crippen MR) is 112 cm³/mol. The first-order valence-electron chi connectivity index (χ1n) is 10.3. The molecular formula is C24H34O4. The standard InChI is InChI=1S/C24H34O4/c1-4-24(27,5-2)15-7-8-18(3)21-10-6-9-19(16-21)17-28-22-13-11-20(12-14-22)23(25)26/h6,9-14,16,18,23,25-27H,4-5,7-8,15,17H2,1-3H3. The molecule has 154 valence electrons. The molecule has 0 aliphatic rings. The van der Waals surface area contributed by atoms with E-state index in [1.807, 2.05) is 0 Å². The molecule has 0 spiro atoms. The van der Waals surface area contributed by atoms with Crippen molar-refractivity contribution < 1.29 is 20.1 Å². The summed E-state index contributed by atoms with van der Waals surface area (Å²) in [5.41, 5.74) is 2.32. The van der Waals surface area contributed by atoms with Crippen molar-refractivity contribution in [3.8, 4) is 5.75 Å². The molecule has 4 nitrogen and oxygen atoms in total. The molecule has 2 aromatic carbocycles. The molecule has 0 radical (unpaired) electrons. The summed E-state index contributed by atoms with van der Waals surface area (Å²) in [5, 5.41) is 28.7.